The van der Waals surface area contributed by atoms with E-state index in [1.54, 1.807) is 0 Å². The monoisotopic (exact) mass is 328 g/mol. The molecule has 0 aliphatic carbocycles. The molecular formula is C11H9BrF4O2. The summed E-state index contributed by atoms with van der Waals surface area (Å²) in [7, 11) is 1.21. The Hall–Kier alpha value is -1.11. The molecule has 0 aliphatic rings. The third-order valence-corrected chi connectivity index (χ3v) is 2.79. The number of ether oxygens (including phenoxy) is 1. The van der Waals surface area contributed by atoms with E-state index in [2.05, 4.69) is 15.9 Å². The van der Waals surface area contributed by atoms with Crippen LogP contribution in [0.3, 0.4) is 0 Å². The lowest BCUT2D eigenvalue weighted by Crippen LogP contribution is -2.11. The van der Waals surface area contributed by atoms with Gasteiger partial charge >= 0.3 is 6.18 Å². The van der Waals surface area contributed by atoms with Crippen LogP contribution in [0, 0.1) is 5.82 Å². The Bertz CT molecular complexity index is 457. The van der Waals surface area contributed by atoms with Crippen LogP contribution in [0.15, 0.2) is 16.6 Å². The maximum absolute atomic E-state index is 13.2. The number of hydrogen-bond acceptors (Lipinski definition) is 2. The van der Waals surface area contributed by atoms with Crippen molar-refractivity contribution in [1.82, 2.24) is 0 Å². The Balaban J connectivity index is 2.95. The van der Waals surface area contributed by atoms with E-state index < -0.39 is 30.6 Å². The molecule has 0 N–H and O–H groups in total. The summed E-state index contributed by atoms with van der Waals surface area (Å²) in [5.41, 5.74) is -0.0741. The highest BCUT2D eigenvalue weighted by atomic mass is 79.9. The van der Waals surface area contributed by atoms with E-state index in [0.29, 0.717) is 0 Å². The second-order valence-corrected chi connectivity index (χ2v) is 4.36. The van der Waals surface area contributed by atoms with Crippen molar-refractivity contribution in [2.24, 2.45) is 0 Å². The van der Waals surface area contributed by atoms with Crippen LogP contribution < -0.4 is 4.74 Å². The van der Waals surface area contributed by atoms with E-state index in [-0.39, 0.29) is 15.8 Å². The van der Waals surface area contributed by atoms with E-state index in [1.807, 2.05) is 0 Å². The fourth-order valence-corrected chi connectivity index (χ4v) is 1.65. The van der Waals surface area contributed by atoms with Crippen molar-refractivity contribution >= 4 is 21.7 Å². The van der Waals surface area contributed by atoms with Crippen LogP contribution >= 0.6 is 15.9 Å². The SMILES string of the molecule is COc1cc(F)c(Br)cc1C(=O)CCC(F)(F)F. The Labute approximate surface area is 109 Å². The third kappa shape index (κ3) is 3.97. The van der Waals surface area contributed by atoms with Gasteiger partial charge in [-0.05, 0) is 22.0 Å². The van der Waals surface area contributed by atoms with Gasteiger partial charge in [-0.1, -0.05) is 0 Å². The molecule has 0 spiro atoms. The summed E-state index contributed by atoms with van der Waals surface area (Å²) in [6.45, 7) is 0. The molecule has 1 aromatic rings. The molecular weight excluding hydrogens is 320 g/mol. The van der Waals surface area contributed by atoms with Crippen molar-refractivity contribution in [3.8, 4) is 5.75 Å². The zero-order valence-corrected chi connectivity index (χ0v) is 10.9. The van der Waals surface area contributed by atoms with Crippen LogP contribution in [0.25, 0.3) is 0 Å². The number of hydrogen-bond donors (Lipinski definition) is 0. The van der Waals surface area contributed by atoms with E-state index in [1.165, 1.54) is 7.11 Å². The highest BCUT2D eigenvalue weighted by molar-refractivity contribution is 9.10. The minimum Gasteiger partial charge on any atom is -0.496 e. The smallest absolute Gasteiger partial charge is 0.389 e. The molecule has 0 saturated carbocycles. The lowest BCUT2D eigenvalue weighted by atomic mass is 10.1. The van der Waals surface area contributed by atoms with Crippen LogP contribution in [-0.2, 0) is 0 Å². The van der Waals surface area contributed by atoms with Gasteiger partial charge in [-0.15, -0.1) is 0 Å². The second-order valence-electron chi connectivity index (χ2n) is 3.50. The van der Waals surface area contributed by atoms with Crippen molar-refractivity contribution in [2.75, 3.05) is 7.11 Å². The molecule has 0 amide bonds. The first kappa shape index (κ1) is 14.9. The largest absolute Gasteiger partial charge is 0.496 e. The summed E-state index contributed by atoms with van der Waals surface area (Å²) in [4.78, 5) is 11.6. The molecule has 0 unspecified atom stereocenters. The Morgan fingerprint density at radius 3 is 2.50 bits per heavy atom. The van der Waals surface area contributed by atoms with Crippen LogP contribution in [-0.4, -0.2) is 19.1 Å². The van der Waals surface area contributed by atoms with Gasteiger partial charge in [0, 0.05) is 12.5 Å². The van der Waals surface area contributed by atoms with Gasteiger partial charge in [0.1, 0.15) is 11.6 Å². The molecule has 0 bridgehead atoms. The van der Waals surface area contributed by atoms with Crippen molar-refractivity contribution < 1.29 is 27.1 Å². The molecule has 18 heavy (non-hydrogen) atoms. The van der Waals surface area contributed by atoms with Crippen molar-refractivity contribution in [2.45, 2.75) is 19.0 Å². The first-order valence-corrected chi connectivity index (χ1v) is 5.67. The number of benzene rings is 1. The molecule has 0 heterocycles. The maximum Gasteiger partial charge on any atom is 0.389 e. The van der Waals surface area contributed by atoms with Crippen molar-refractivity contribution in [3.63, 3.8) is 0 Å². The highest BCUT2D eigenvalue weighted by Gasteiger charge is 2.29. The van der Waals surface area contributed by atoms with Crippen molar-refractivity contribution in [1.29, 1.82) is 0 Å². The molecule has 0 fully saturated rings. The minimum atomic E-state index is -4.40. The molecule has 1 rings (SSSR count). The number of ketones is 1. The predicted octanol–water partition coefficient (Wildman–Crippen LogP) is 4.12. The summed E-state index contributed by atoms with van der Waals surface area (Å²) in [5.74, 6) is -1.48. The quantitative estimate of drug-likeness (QED) is 0.613. The van der Waals surface area contributed by atoms with Gasteiger partial charge in [-0.3, -0.25) is 4.79 Å². The van der Waals surface area contributed by atoms with Crippen LogP contribution in [0.1, 0.15) is 23.2 Å². The number of carbonyl (C=O) groups excluding carboxylic acids is 1. The Kier molecular flexibility index (Phi) is 4.72. The molecule has 0 radical (unpaired) electrons. The van der Waals surface area contributed by atoms with Gasteiger partial charge in [0.25, 0.3) is 0 Å². The summed E-state index contributed by atoms with van der Waals surface area (Å²) in [6.07, 6.45) is -6.32. The normalized spacial score (nSPS) is 11.4. The predicted molar refractivity (Wildman–Crippen MR) is 60.3 cm³/mol. The number of rotatable bonds is 4. The lowest BCUT2D eigenvalue weighted by Gasteiger charge is -2.10. The minimum absolute atomic E-state index is 0.00124. The number of carbonyl (C=O) groups is 1. The number of Topliss-reactive ketones (excluding diaryl/α,β-unsaturated/α-hetero) is 1. The van der Waals surface area contributed by atoms with Crippen LogP contribution in [0.4, 0.5) is 17.6 Å². The zero-order chi connectivity index (χ0) is 13.9. The van der Waals surface area contributed by atoms with Gasteiger partial charge in [0.05, 0.1) is 23.6 Å². The van der Waals surface area contributed by atoms with E-state index in [9.17, 15) is 22.4 Å². The average Bonchev–Trinajstić information content (AvgIpc) is 2.28. The number of methoxy groups -OCH3 is 1. The van der Waals surface area contributed by atoms with Crippen LogP contribution in [0.5, 0.6) is 5.75 Å². The summed E-state index contributed by atoms with van der Waals surface area (Å²) >= 11 is 2.86. The molecule has 2 nitrogen and oxygen atoms in total. The Morgan fingerprint density at radius 2 is 2.00 bits per heavy atom. The topological polar surface area (TPSA) is 26.3 Å². The van der Waals surface area contributed by atoms with E-state index >= 15 is 0 Å². The first-order chi connectivity index (χ1) is 8.24. The molecule has 0 aromatic heterocycles. The third-order valence-electron chi connectivity index (χ3n) is 2.18. The van der Waals surface area contributed by atoms with Crippen LogP contribution in [0.2, 0.25) is 0 Å². The Morgan fingerprint density at radius 1 is 1.39 bits per heavy atom. The molecule has 0 aliphatic heterocycles. The highest BCUT2D eigenvalue weighted by Crippen LogP contribution is 2.29. The van der Waals surface area contributed by atoms with Gasteiger partial charge in [-0.2, -0.15) is 13.2 Å². The lowest BCUT2D eigenvalue weighted by molar-refractivity contribution is -0.133. The number of halogens is 5. The van der Waals surface area contributed by atoms with E-state index in [0.717, 1.165) is 12.1 Å². The molecule has 0 atom stereocenters. The fraction of sp³-hybridized carbons (Fsp3) is 0.364. The molecule has 7 heteroatoms. The maximum atomic E-state index is 13.2. The average molecular weight is 329 g/mol. The fourth-order valence-electron chi connectivity index (χ4n) is 1.31. The first-order valence-electron chi connectivity index (χ1n) is 4.87. The van der Waals surface area contributed by atoms with Gasteiger partial charge < -0.3 is 4.74 Å². The second kappa shape index (κ2) is 5.69. The van der Waals surface area contributed by atoms with Gasteiger partial charge in [0.2, 0.25) is 0 Å². The van der Waals surface area contributed by atoms with E-state index in [4.69, 9.17) is 4.74 Å². The summed E-state index contributed by atoms with van der Waals surface area (Å²) in [5, 5.41) is 0. The molecule has 0 saturated heterocycles. The molecule has 100 valence electrons. The standard InChI is InChI=1S/C11H9BrF4O2/c1-18-10-5-8(13)7(12)4-6(10)9(17)2-3-11(14,15)16/h4-5H,2-3H2,1H3. The summed E-state index contributed by atoms with van der Waals surface area (Å²) in [6, 6.07) is 2.07. The number of alkyl halides is 3. The summed E-state index contributed by atoms with van der Waals surface area (Å²) < 4.78 is 54.0. The molecule has 1 aromatic carbocycles. The van der Waals surface area contributed by atoms with Gasteiger partial charge in [0.15, 0.2) is 5.78 Å². The van der Waals surface area contributed by atoms with Crippen molar-refractivity contribution in [3.05, 3.63) is 28.0 Å². The zero-order valence-electron chi connectivity index (χ0n) is 9.28. The van der Waals surface area contributed by atoms with Gasteiger partial charge in [-0.25, -0.2) is 4.39 Å².